The van der Waals surface area contributed by atoms with E-state index in [-0.39, 0.29) is 10.6 Å². The van der Waals surface area contributed by atoms with E-state index in [4.69, 9.17) is 0 Å². The van der Waals surface area contributed by atoms with Gasteiger partial charge in [-0.1, -0.05) is 22.0 Å². The molecular weight excluding hydrogens is 287 g/mol. The van der Waals surface area contributed by atoms with E-state index in [0.717, 1.165) is 11.1 Å². The van der Waals surface area contributed by atoms with E-state index in [1.54, 1.807) is 17.4 Å². The molecule has 0 nitrogen and oxygen atoms in total. The quantitative estimate of drug-likeness (QED) is 0.685. The first-order chi connectivity index (χ1) is 7.58. The van der Waals surface area contributed by atoms with Crippen LogP contribution in [0.5, 0.6) is 0 Å². The molecular formula is C13H12BrFS. The summed E-state index contributed by atoms with van der Waals surface area (Å²) in [6.07, 6.45) is 0. The highest BCUT2D eigenvalue weighted by molar-refractivity contribution is 9.09. The van der Waals surface area contributed by atoms with E-state index in [1.165, 1.54) is 15.8 Å². The topological polar surface area (TPSA) is 0 Å². The van der Waals surface area contributed by atoms with Gasteiger partial charge in [0.15, 0.2) is 0 Å². The molecule has 0 saturated carbocycles. The highest BCUT2D eigenvalue weighted by Gasteiger charge is 2.14. The monoisotopic (exact) mass is 298 g/mol. The van der Waals surface area contributed by atoms with Crippen LogP contribution in [0.3, 0.4) is 0 Å². The fourth-order valence-corrected chi connectivity index (χ4v) is 3.49. The van der Waals surface area contributed by atoms with Crippen LogP contribution in [0, 0.1) is 19.7 Å². The van der Waals surface area contributed by atoms with E-state index >= 15 is 0 Å². The second-order valence-electron chi connectivity index (χ2n) is 3.81. The minimum absolute atomic E-state index is 0.159. The minimum atomic E-state index is -0.177. The molecule has 2 rings (SSSR count). The van der Waals surface area contributed by atoms with Gasteiger partial charge in [-0.3, -0.25) is 0 Å². The van der Waals surface area contributed by atoms with Crippen molar-refractivity contribution in [1.82, 2.24) is 0 Å². The van der Waals surface area contributed by atoms with Crippen LogP contribution in [-0.2, 0) is 0 Å². The fourth-order valence-electron chi connectivity index (χ4n) is 1.67. The van der Waals surface area contributed by atoms with Crippen molar-refractivity contribution in [2.45, 2.75) is 18.7 Å². The molecule has 1 unspecified atom stereocenters. The molecule has 2 aromatic rings. The Kier molecular flexibility index (Phi) is 3.45. The van der Waals surface area contributed by atoms with Gasteiger partial charge in [0, 0.05) is 9.75 Å². The van der Waals surface area contributed by atoms with E-state index in [9.17, 15) is 4.39 Å². The molecule has 1 heterocycles. The number of alkyl halides is 1. The normalized spacial score (nSPS) is 12.8. The van der Waals surface area contributed by atoms with Gasteiger partial charge in [-0.2, -0.15) is 0 Å². The lowest BCUT2D eigenvalue weighted by Crippen LogP contribution is -1.94. The number of hydrogen-bond acceptors (Lipinski definition) is 1. The van der Waals surface area contributed by atoms with Crippen LogP contribution in [0.25, 0.3) is 0 Å². The maximum absolute atomic E-state index is 13.0. The molecule has 0 aliphatic heterocycles. The predicted molar refractivity (Wildman–Crippen MR) is 71.0 cm³/mol. The van der Waals surface area contributed by atoms with Crippen molar-refractivity contribution in [2.75, 3.05) is 0 Å². The first kappa shape index (κ1) is 11.8. The Morgan fingerprint density at radius 3 is 2.50 bits per heavy atom. The molecule has 0 aliphatic rings. The van der Waals surface area contributed by atoms with Crippen molar-refractivity contribution in [3.8, 4) is 0 Å². The summed E-state index contributed by atoms with van der Waals surface area (Å²) in [4.78, 5) is 2.71. The molecule has 1 aromatic carbocycles. The van der Waals surface area contributed by atoms with Crippen LogP contribution in [0.4, 0.5) is 4.39 Å². The summed E-state index contributed by atoms with van der Waals surface area (Å²) in [5, 5.41) is 0. The third-order valence-corrected chi connectivity index (χ3v) is 4.87. The molecule has 0 aliphatic carbocycles. The minimum Gasteiger partial charge on any atom is -0.207 e. The summed E-state index contributed by atoms with van der Waals surface area (Å²) < 4.78 is 13.0. The summed E-state index contributed by atoms with van der Waals surface area (Å²) >= 11 is 5.43. The van der Waals surface area contributed by atoms with Crippen molar-refractivity contribution in [3.63, 3.8) is 0 Å². The summed E-state index contributed by atoms with van der Waals surface area (Å²) in [7, 11) is 0. The molecule has 16 heavy (non-hydrogen) atoms. The summed E-state index contributed by atoms with van der Waals surface area (Å²) in [6, 6.07) is 9.15. The molecule has 0 bridgehead atoms. The van der Waals surface area contributed by atoms with Gasteiger partial charge in [-0.25, -0.2) is 4.39 Å². The van der Waals surface area contributed by atoms with Gasteiger partial charge in [-0.15, -0.1) is 11.3 Å². The van der Waals surface area contributed by atoms with Crippen molar-refractivity contribution >= 4 is 27.3 Å². The van der Waals surface area contributed by atoms with Gasteiger partial charge >= 0.3 is 0 Å². The van der Waals surface area contributed by atoms with E-state index in [1.807, 2.05) is 13.0 Å². The zero-order valence-corrected chi connectivity index (χ0v) is 11.5. The molecule has 0 fully saturated rings. The van der Waals surface area contributed by atoms with Gasteiger partial charge in [0.05, 0.1) is 4.83 Å². The van der Waals surface area contributed by atoms with Crippen molar-refractivity contribution < 1.29 is 4.39 Å². The first-order valence-electron chi connectivity index (χ1n) is 5.04. The van der Waals surface area contributed by atoms with E-state index in [0.29, 0.717) is 0 Å². The average Bonchev–Trinajstić information content (AvgIpc) is 2.64. The highest BCUT2D eigenvalue weighted by Crippen LogP contribution is 2.36. The first-order valence-corrected chi connectivity index (χ1v) is 6.77. The molecule has 0 amide bonds. The largest absolute Gasteiger partial charge is 0.207 e. The molecule has 0 spiro atoms. The Bertz CT molecular complexity index is 504. The number of thiophene rings is 1. The van der Waals surface area contributed by atoms with E-state index < -0.39 is 0 Å². The van der Waals surface area contributed by atoms with Gasteiger partial charge in [0.2, 0.25) is 0 Å². The van der Waals surface area contributed by atoms with Crippen molar-refractivity contribution in [3.05, 3.63) is 57.0 Å². The third-order valence-electron chi connectivity index (χ3n) is 2.52. The third kappa shape index (κ3) is 2.36. The van der Waals surface area contributed by atoms with Gasteiger partial charge < -0.3 is 0 Å². The lowest BCUT2D eigenvalue weighted by molar-refractivity contribution is 0.626. The Labute approximate surface area is 107 Å². The van der Waals surface area contributed by atoms with Gasteiger partial charge in [-0.05, 0) is 49.2 Å². The maximum Gasteiger partial charge on any atom is 0.123 e. The van der Waals surface area contributed by atoms with Gasteiger partial charge in [0.25, 0.3) is 0 Å². The van der Waals surface area contributed by atoms with Crippen LogP contribution in [0.2, 0.25) is 0 Å². The van der Waals surface area contributed by atoms with Gasteiger partial charge in [0.1, 0.15) is 5.82 Å². The number of benzene rings is 1. The van der Waals surface area contributed by atoms with Crippen LogP contribution < -0.4 is 0 Å². The Morgan fingerprint density at radius 2 is 1.94 bits per heavy atom. The smallest absolute Gasteiger partial charge is 0.123 e. The zero-order valence-electron chi connectivity index (χ0n) is 9.13. The number of halogens is 2. The molecule has 84 valence electrons. The highest BCUT2D eigenvalue weighted by atomic mass is 79.9. The van der Waals surface area contributed by atoms with Crippen molar-refractivity contribution in [1.29, 1.82) is 0 Å². The molecule has 1 atom stereocenters. The number of rotatable bonds is 2. The molecule has 1 aromatic heterocycles. The Hall–Kier alpha value is -0.670. The SMILES string of the molecule is Cc1ccc(C(Br)c2ccc(F)cc2C)s1. The fraction of sp³-hybridized carbons (Fsp3) is 0.231. The number of aryl methyl sites for hydroxylation is 2. The van der Waals surface area contributed by atoms with E-state index in [2.05, 4.69) is 35.0 Å². The van der Waals surface area contributed by atoms with Crippen molar-refractivity contribution in [2.24, 2.45) is 0 Å². The Morgan fingerprint density at radius 1 is 1.19 bits per heavy atom. The summed E-state index contributed by atoms with van der Waals surface area (Å²) in [5.74, 6) is -0.177. The zero-order chi connectivity index (χ0) is 11.7. The average molecular weight is 299 g/mol. The molecule has 0 radical (unpaired) electrons. The maximum atomic E-state index is 13.0. The molecule has 3 heteroatoms. The van der Waals surface area contributed by atoms with Crippen LogP contribution >= 0.6 is 27.3 Å². The Balaban J connectivity index is 2.37. The lowest BCUT2D eigenvalue weighted by Gasteiger charge is -2.11. The van der Waals surface area contributed by atoms with Crippen LogP contribution in [0.1, 0.15) is 25.7 Å². The van der Waals surface area contributed by atoms with Crippen LogP contribution in [0.15, 0.2) is 30.3 Å². The molecule has 0 saturated heterocycles. The second-order valence-corrected chi connectivity index (χ2v) is 6.05. The summed E-state index contributed by atoms with van der Waals surface area (Å²) in [5.41, 5.74) is 2.11. The lowest BCUT2D eigenvalue weighted by atomic mass is 10.0. The second kappa shape index (κ2) is 4.68. The summed E-state index contributed by atoms with van der Waals surface area (Å²) in [6.45, 7) is 4.03. The van der Waals surface area contributed by atoms with Crippen LogP contribution in [-0.4, -0.2) is 0 Å². The number of hydrogen-bond donors (Lipinski definition) is 0. The standard InChI is InChI=1S/C13H12BrFS/c1-8-7-10(15)4-5-11(8)13(14)12-6-3-9(2)16-12/h3-7,13H,1-2H3. The molecule has 0 N–H and O–H groups in total. The predicted octanol–water partition coefficient (Wildman–Crippen LogP) is 4.99.